The van der Waals surface area contributed by atoms with E-state index >= 15 is 0 Å². The Morgan fingerprint density at radius 3 is 2.67 bits per heavy atom. The van der Waals surface area contributed by atoms with Crippen LogP contribution in [-0.4, -0.2) is 39.1 Å². The van der Waals surface area contributed by atoms with Gasteiger partial charge in [-0.1, -0.05) is 24.8 Å². The minimum atomic E-state index is -0.102. The molecular weight excluding hydrogens is 504 g/mol. The largest absolute Gasteiger partial charge is 0.493 e. The predicted octanol–water partition coefficient (Wildman–Crippen LogP) is 5.46. The number of benzene rings is 2. The van der Waals surface area contributed by atoms with Gasteiger partial charge in [-0.2, -0.15) is 0 Å². The quantitative estimate of drug-likeness (QED) is 0.289. The average molecular weight is 533 g/mol. The van der Waals surface area contributed by atoms with Gasteiger partial charge in [0.25, 0.3) is 0 Å². The topological polar surface area (TPSA) is 108 Å². The fourth-order valence-corrected chi connectivity index (χ4v) is 5.38. The predicted molar refractivity (Wildman–Crippen MR) is 156 cm³/mol. The number of anilines is 2. The number of aryl methyl sites for hydroxylation is 2. The first-order chi connectivity index (χ1) is 19.4. The van der Waals surface area contributed by atoms with Crippen molar-refractivity contribution in [3.63, 3.8) is 0 Å². The van der Waals surface area contributed by atoms with Crippen molar-refractivity contribution in [2.45, 2.75) is 13.3 Å². The molecular formula is C31H28N6O3. The van der Waals surface area contributed by atoms with Crippen LogP contribution in [0.2, 0.25) is 0 Å². The Morgan fingerprint density at radius 1 is 1.07 bits per heavy atom. The number of hydrogen-bond acceptors (Lipinski definition) is 7. The second-order valence-corrected chi connectivity index (χ2v) is 9.61. The van der Waals surface area contributed by atoms with Gasteiger partial charge >= 0.3 is 0 Å². The van der Waals surface area contributed by atoms with Crippen LogP contribution in [0, 0.1) is 6.92 Å². The molecule has 0 radical (unpaired) electrons. The van der Waals surface area contributed by atoms with Gasteiger partial charge in [-0.05, 0) is 66.4 Å². The maximum atomic E-state index is 12.3. The molecule has 0 saturated carbocycles. The van der Waals surface area contributed by atoms with Crippen LogP contribution in [0.1, 0.15) is 11.3 Å². The lowest BCUT2D eigenvalue weighted by atomic mass is 9.97. The van der Waals surface area contributed by atoms with Crippen LogP contribution in [0.4, 0.5) is 11.5 Å². The van der Waals surface area contributed by atoms with Crippen molar-refractivity contribution in [1.29, 1.82) is 0 Å². The van der Waals surface area contributed by atoms with E-state index in [2.05, 4.69) is 27.6 Å². The monoisotopic (exact) mass is 532 g/mol. The van der Waals surface area contributed by atoms with Crippen LogP contribution in [0.5, 0.6) is 17.4 Å². The molecule has 1 aliphatic rings. The maximum Gasteiger partial charge on any atom is 0.250 e. The molecule has 0 spiro atoms. The van der Waals surface area contributed by atoms with E-state index in [1.807, 2.05) is 61.0 Å². The number of amides is 1. The molecule has 4 heterocycles. The highest BCUT2D eigenvalue weighted by Gasteiger charge is 2.27. The van der Waals surface area contributed by atoms with Crippen molar-refractivity contribution >= 4 is 28.4 Å². The van der Waals surface area contributed by atoms with Crippen LogP contribution >= 0.6 is 0 Å². The summed E-state index contributed by atoms with van der Waals surface area (Å²) in [6, 6.07) is 17.5. The number of rotatable bonds is 6. The number of hydrogen-bond donors (Lipinski definition) is 1. The number of carbonyl (C=O) groups is 1. The molecule has 0 saturated heterocycles. The van der Waals surface area contributed by atoms with E-state index in [9.17, 15) is 4.79 Å². The van der Waals surface area contributed by atoms with Crippen molar-refractivity contribution in [3.05, 3.63) is 84.8 Å². The van der Waals surface area contributed by atoms with Crippen LogP contribution < -0.4 is 20.1 Å². The van der Waals surface area contributed by atoms with Gasteiger partial charge in [0.05, 0.1) is 18.2 Å². The second kappa shape index (κ2) is 9.85. The molecule has 0 bridgehead atoms. The molecule has 3 aromatic heterocycles. The van der Waals surface area contributed by atoms with Crippen LogP contribution in [0.25, 0.3) is 33.4 Å². The molecule has 200 valence electrons. The minimum Gasteiger partial charge on any atom is -0.493 e. The first-order valence-corrected chi connectivity index (χ1v) is 12.9. The Bertz CT molecular complexity index is 1810. The van der Waals surface area contributed by atoms with Gasteiger partial charge in [0, 0.05) is 36.6 Å². The third-order valence-corrected chi connectivity index (χ3v) is 7.22. The molecule has 9 heteroatoms. The fraction of sp³-hybridized carbons (Fsp3) is 0.161. The fourth-order valence-electron chi connectivity index (χ4n) is 5.38. The Balaban J connectivity index is 1.51. The molecule has 5 aromatic rings. The van der Waals surface area contributed by atoms with Crippen molar-refractivity contribution < 1.29 is 14.3 Å². The molecule has 9 nitrogen and oxygen atoms in total. The zero-order chi connectivity index (χ0) is 28.0. The maximum absolute atomic E-state index is 12.3. The molecule has 0 atom stereocenters. The summed E-state index contributed by atoms with van der Waals surface area (Å²) in [6.45, 7) is 6.17. The summed E-state index contributed by atoms with van der Waals surface area (Å²) in [5, 5.41) is 0.750. The Labute approximate surface area is 231 Å². The molecule has 0 aliphatic carbocycles. The van der Waals surface area contributed by atoms with Gasteiger partial charge in [0.15, 0.2) is 11.5 Å². The number of nitrogen functional groups attached to an aromatic ring is 1. The van der Waals surface area contributed by atoms with E-state index in [1.54, 1.807) is 18.1 Å². The summed E-state index contributed by atoms with van der Waals surface area (Å²) in [6.07, 6.45) is 3.58. The number of aromatic nitrogens is 4. The molecule has 6 rings (SSSR count). The first kappa shape index (κ1) is 25.1. The van der Waals surface area contributed by atoms with Crippen LogP contribution in [0.3, 0.4) is 0 Å². The number of fused-ring (bicyclic) bond motifs is 2. The number of methoxy groups -OCH3 is 1. The summed E-state index contributed by atoms with van der Waals surface area (Å²) in [5.74, 6) is 1.85. The lowest BCUT2D eigenvalue weighted by molar-refractivity contribution is -0.114. The molecule has 2 aromatic carbocycles. The third-order valence-electron chi connectivity index (χ3n) is 7.22. The van der Waals surface area contributed by atoms with Crippen molar-refractivity contribution in [3.8, 4) is 39.8 Å². The molecule has 1 aliphatic heterocycles. The summed E-state index contributed by atoms with van der Waals surface area (Å²) in [7, 11) is 3.57. The van der Waals surface area contributed by atoms with E-state index in [1.165, 1.54) is 12.4 Å². The molecule has 2 N–H and O–H groups in total. The summed E-state index contributed by atoms with van der Waals surface area (Å²) < 4.78 is 13.8. The summed E-state index contributed by atoms with van der Waals surface area (Å²) in [5.41, 5.74) is 13.7. The highest BCUT2D eigenvalue weighted by Crippen LogP contribution is 2.45. The number of ether oxygens (including phenoxy) is 2. The molecule has 1 amide bonds. The van der Waals surface area contributed by atoms with Gasteiger partial charge in [0.1, 0.15) is 17.8 Å². The smallest absolute Gasteiger partial charge is 0.250 e. The average Bonchev–Trinajstić information content (AvgIpc) is 3.52. The van der Waals surface area contributed by atoms with Crippen LogP contribution in [0.15, 0.2) is 73.6 Å². The van der Waals surface area contributed by atoms with E-state index in [-0.39, 0.29) is 5.91 Å². The van der Waals surface area contributed by atoms with E-state index in [4.69, 9.17) is 15.2 Å². The van der Waals surface area contributed by atoms with Crippen molar-refractivity contribution in [1.82, 2.24) is 19.5 Å². The highest BCUT2D eigenvalue weighted by molar-refractivity contribution is 6.08. The SMILES string of the molecule is C=CC(=O)N1CCc2cc(-c3c(-c4ccc(Oc5cccc(C)n5)c(OC)c4)c4c(N)ncnc4n3C)ccc21. The standard InChI is InChI=1S/C31H28N6O3/c1-5-26(38)37-14-13-19-15-21(9-11-22(19)37)29-27(28-30(32)33-17-34-31(28)36(29)3)20-10-12-23(24(16-20)39-4)40-25-8-6-7-18(2)35-25/h5-12,15-17H,1,13-14H2,2-4H3,(H2,32,33,34). The van der Waals surface area contributed by atoms with Gasteiger partial charge in [-0.25, -0.2) is 15.0 Å². The highest BCUT2D eigenvalue weighted by atomic mass is 16.5. The van der Waals surface area contributed by atoms with Gasteiger partial charge in [-0.15, -0.1) is 0 Å². The van der Waals surface area contributed by atoms with Gasteiger partial charge in [-0.3, -0.25) is 4.79 Å². The van der Waals surface area contributed by atoms with Crippen molar-refractivity contribution in [2.75, 3.05) is 24.3 Å². The zero-order valence-corrected chi connectivity index (χ0v) is 22.5. The molecule has 0 fully saturated rings. The van der Waals surface area contributed by atoms with E-state index < -0.39 is 0 Å². The zero-order valence-electron chi connectivity index (χ0n) is 22.5. The normalized spacial score (nSPS) is 12.4. The third kappa shape index (κ3) is 4.12. The van der Waals surface area contributed by atoms with Gasteiger partial charge < -0.3 is 24.7 Å². The lowest BCUT2D eigenvalue weighted by Gasteiger charge is -2.16. The van der Waals surface area contributed by atoms with Crippen molar-refractivity contribution in [2.24, 2.45) is 7.05 Å². The Morgan fingerprint density at radius 2 is 1.90 bits per heavy atom. The lowest BCUT2D eigenvalue weighted by Crippen LogP contribution is -2.26. The van der Waals surface area contributed by atoms with E-state index in [0.29, 0.717) is 35.4 Å². The van der Waals surface area contributed by atoms with E-state index in [0.717, 1.165) is 51.1 Å². The second-order valence-electron chi connectivity index (χ2n) is 9.61. The number of nitrogens with two attached hydrogens (primary N) is 1. The Hall–Kier alpha value is -5.18. The molecule has 40 heavy (non-hydrogen) atoms. The number of carbonyl (C=O) groups excluding carboxylic acids is 1. The number of nitrogens with zero attached hydrogens (tertiary/aromatic N) is 5. The summed E-state index contributed by atoms with van der Waals surface area (Å²) in [4.78, 5) is 27.4. The Kier molecular flexibility index (Phi) is 6.18. The molecule has 0 unspecified atom stereocenters. The first-order valence-electron chi connectivity index (χ1n) is 12.9. The summed E-state index contributed by atoms with van der Waals surface area (Å²) >= 11 is 0. The van der Waals surface area contributed by atoms with Crippen LogP contribution in [-0.2, 0) is 18.3 Å². The van der Waals surface area contributed by atoms with Gasteiger partial charge in [0.2, 0.25) is 11.8 Å². The minimum absolute atomic E-state index is 0.102. The number of pyridine rings is 1.